The van der Waals surface area contributed by atoms with Crippen molar-refractivity contribution in [2.45, 2.75) is 45.3 Å². The van der Waals surface area contributed by atoms with Gasteiger partial charge in [0.2, 0.25) is 0 Å². The molecule has 3 aromatic heterocycles. The lowest BCUT2D eigenvalue weighted by Gasteiger charge is -2.23. The largest absolute Gasteiger partial charge is 0.306 e. The van der Waals surface area contributed by atoms with E-state index in [0.717, 1.165) is 48.1 Å². The maximum absolute atomic E-state index is 6.24. The Labute approximate surface area is 137 Å². The highest BCUT2D eigenvalue weighted by molar-refractivity contribution is 7.15. The first-order chi connectivity index (χ1) is 10.7. The summed E-state index contributed by atoms with van der Waals surface area (Å²) in [7, 11) is 0. The van der Waals surface area contributed by atoms with Crippen molar-refractivity contribution < 1.29 is 0 Å². The van der Waals surface area contributed by atoms with Gasteiger partial charge in [0.05, 0.1) is 12.2 Å². The Bertz CT molecular complexity index is 804. The van der Waals surface area contributed by atoms with Crippen LogP contribution in [0.25, 0.3) is 4.96 Å². The van der Waals surface area contributed by atoms with Crippen LogP contribution in [0.5, 0.6) is 0 Å². The second kappa shape index (κ2) is 5.64. The molecule has 4 heterocycles. The van der Waals surface area contributed by atoms with E-state index in [1.807, 2.05) is 16.3 Å². The van der Waals surface area contributed by atoms with Crippen LogP contribution in [0.4, 0.5) is 0 Å². The Hall–Kier alpha value is -1.44. The van der Waals surface area contributed by atoms with Crippen LogP contribution in [0.15, 0.2) is 11.6 Å². The highest BCUT2D eigenvalue weighted by Crippen LogP contribution is 2.22. The predicted molar refractivity (Wildman–Crippen MR) is 86.4 cm³/mol. The minimum atomic E-state index is 0.388. The van der Waals surface area contributed by atoms with Gasteiger partial charge in [-0.2, -0.15) is 5.10 Å². The van der Waals surface area contributed by atoms with Gasteiger partial charge in [-0.25, -0.2) is 14.6 Å². The zero-order valence-corrected chi connectivity index (χ0v) is 13.9. The molecule has 0 aliphatic carbocycles. The van der Waals surface area contributed by atoms with E-state index >= 15 is 0 Å². The predicted octanol–water partition coefficient (Wildman–Crippen LogP) is 2.31. The number of aromatic nitrogens is 5. The fourth-order valence-corrected chi connectivity index (χ4v) is 3.90. The molecule has 1 unspecified atom stereocenters. The second-order valence-corrected chi connectivity index (χ2v) is 6.73. The first kappa shape index (κ1) is 14.2. The van der Waals surface area contributed by atoms with Gasteiger partial charge >= 0.3 is 0 Å². The van der Waals surface area contributed by atoms with Gasteiger partial charge in [0.15, 0.2) is 15.9 Å². The summed E-state index contributed by atoms with van der Waals surface area (Å²) in [6.07, 6.45) is 4.95. The molecule has 0 aromatic carbocycles. The molecule has 116 valence electrons. The van der Waals surface area contributed by atoms with Gasteiger partial charge in [-0.15, -0.1) is 11.3 Å². The summed E-state index contributed by atoms with van der Waals surface area (Å²) >= 11 is 7.83. The smallest absolute Gasteiger partial charge is 0.195 e. The van der Waals surface area contributed by atoms with E-state index in [1.165, 1.54) is 0 Å². The lowest BCUT2D eigenvalue weighted by Crippen LogP contribution is -2.37. The first-order valence-corrected chi connectivity index (χ1v) is 8.76. The molecule has 0 bridgehead atoms. The van der Waals surface area contributed by atoms with Crippen LogP contribution in [0, 0.1) is 0 Å². The molecule has 6 nitrogen and oxygen atoms in total. The molecular formula is C14H17ClN6S. The van der Waals surface area contributed by atoms with E-state index < -0.39 is 0 Å². The normalized spacial score (nSPS) is 18.0. The number of hydrogen-bond acceptors (Lipinski definition) is 5. The number of imidazole rings is 1. The van der Waals surface area contributed by atoms with Crippen molar-refractivity contribution in [1.29, 1.82) is 0 Å². The van der Waals surface area contributed by atoms with E-state index in [-0.39, 0.29) is 0 Å². The molecule has 22 heavy (non-hydrogen) atoms. The molecule has 0 spiro atoms. The average molecular weight is 337 g/mol. The van der Waals surface area contributed by atoms with E-state index in [1.54, 1.807) is 11.3 Å². The molecule has 0 fully saturated rings. The van der Waals surface area contributed by atoms with Gasteiger partial charge in [-0.1, -0.05) is 18.5 Å². The van der Waals surface area contributed by atoms with Crippen molar-refractivity contribution in [3.63, 3.8) is 0 Å². The summed E-state index contributed by atoms with van der Waals surface area (Å²) in [6, 6.07) is 0.388. The van der Waals surface area contributed by atoms with Gasteiger partial charge in [-0.3, -0.25) is 4.40 Å². The van der Waals surface area contributed by atoms with E-state index in [0.29, 0.717) is 17.7 Å². The lowest BCUT2D eigenvalue weighted by molar-refractivity contribution is 0.356. The number of nitrogens with one attached hydrogen (secondary N) is 1. The number of nitrogens with zero attached hydrogens (tertiary/aromatic N) is 5. The van der Waals surface area contributed by atoms with Crippen LogP contribution in [0.2, 0.25) is 5.15 Å². The Kier molecular flexibility index (Phi) is 3.63. The molecule has 1 N–H and O–H groups in total. The molecule has 4 rings (SSSR count). The minimum absolute atomic E-state index is 0.388. The number of hydrogen-bond donors (Lipinski definition) is 1. The van der Waals surface area contributed by atoms with Crippen LogP contribution < -0.4 is 5.32 Å². The molecule has 1 aliphatic heterocycles. The maximum atomic E-state index is 6.24. The maximum Gasteiger partial charge on any atom is 0.195 e. The summed E-state index contributed by atoms with van der Waals surface area (Å²) in [6.45, 7) is 3.67. The zero-order valence-electron chi connectivity index (χ0n) is 12.3. The Morgan fingerprint density at radius 3 is 3.23 bits per heavy atom. The monoisotopic (exact) mass is 336 g/mol. The molecule has 1 atom stereocenters. The van der Waals surface area contributed by atoms with Gasteiger partial charge in [0, 0.05) is 37.0 Å². The number of rotatable bonds is 4. The number of fused-ring (bicyclic) bond motifs is 2. The standard InChI is InChI=1S/C14H17ClN6S/c1-2-11-17-12-4-3-9(8-21(12)19-11)16-7-10-13(15)18-14-20(10)5-6-22-14/h5-6,9,16H,2-4,7-8H2,1H3. The van der Waals surface area contributed by atoms with Gasteiger partial charge in [0.25, 0.3) is 0 Å². The summed E-state index contributed by atoms with van der Waals surface area (Å²) in [4.78, 5) is 9.86. The van der Waals surface area contributed by atoms with Crippen molar-refractivity contribution >= 4 is 27.9 Å². The van der Waals surface area contributed by atoms with E-state index in [2.05, 4.69) is 31.7 Å². The Balaban J connectivity index is 1.46. The molecule has 0 amide bonds. The Morgan fingerprint density at radius 1 is 1.45 bits per heavy atom. The van der Waals surface area contributed by atoms with Crippen LogP contribution in [-0.4, -0.2) is 30.2 Å². The van der Waals surface area contributed by atoms with Gasteiger partial charge in [-0.05, 0) is 6.42 Å². The SMILES string of the molecule is CCc1nc2n(n1)CC(NCc1c(Cl)nc3sccn13)CC2. The third-order valence-electron chi connectivity index (χ3n) is 4.09. The van der Waals surface area contributed by atoms with Crippen molar-refractivity contribution in [3.05, 3.63) is 34.1 Å². The van der Waals surface area contributed by atoms with Gasteiger partial charge in [0.1, 0.15) is 5.82 Å². The Morgan fingerprint density at radius 2 is 2.36 bits per heavy atom. The number of aryl methyl sites for hydroxylation is 2. The molecular weight excluding hydrogens is 320 g/mol. The van der Waals surface area contributed by atoms with E-state index in [9.17, 15) is 0 Å². The third kappa shape index (κ3) is 2.43. The highest BCUT2D eigenvalue weighted by Gasteiger charge is 2.22. The van der Waals surface area contributed by atoms with Crippen LogP contribution in [-0.2, 0) is 25.9 Å². The van der Waals surface area contributed by atoms with Crippen LogP contribution in [0.3, 0.4) is 0 Å². The van der Waals surface area contributed by atoms with Crippen LogP contribution in [0.1, 0.15) is 30.7 Å². The highest BCUT2D eigenvalue weighted by atomic mass is 35.5. The quantitative estimate of drug-likeness (QED) is 0.794. The molecule has 8 heteroatoms. The first-order valence-electron chi connectivity index (χ1n) is 7.50. The topological polar surface area (TPSA) is 60.0 Å². The molecule has 0 saturated carbocycles. The van der Waals surface area contributed by atoms with Gasteiger partial charge < -0.3 is 5.32 Å². The average Bonchev–Trinajstić information content (AvgIpc) is 3.18. The van der Waals surface area contributed by atoms with E-state index in [4.69, 9.17) is 11.6 Å². The lowest BCUT2D eigenvalue weighted by atomic mass is 10.1. The fraction of sp³-hybridized carbons (Fsp3) is 0.500. The summed E-state index contributed by atoms with van der Waals surface area (Å²) < 4.78 is 4.09. The van der Waals surface area contributed by atoms with Crippen LogP contribution >= 0.6 is 22.9 Å². The minimum Gasteiger partial charge on any atom is -0.306 e. The molecule has 1 aliphatic rings. The second-order valence-electron chi connectivity index (χ2n) is 5.50. The zero-order chi connectivity index (χ0) is 15.1. The summed E-state index contributed by atoms with van der Waals surface area (Å²) in [5.74, 6) is 2.05. The number of thiazole rings is 1. The third-order valence-corrected chi connectivity index (χ3v) is 5.15. The number of halogens is 1. The van der Waals surface area contributed by atoms with Crippen molar-refractivity contribution in [3.8, 4) is 0 Å². The fourth-order valence-electron chi connectivity index (χ4n) is 2.88. The van der Waals surface area contributed by atoms with Crippen molar-refractivity contribution in [2.75, 3.05) is 0 Å². The molecule has 0 saturated heterocycles. The molecule has 0 radical (unpaired) electrons. The summed E-state index contributed by atoms with van der Waals surface area (Å²) in [5, 5.41) is 10.7. The molecule has 3 aromatic rings. The van der Waals surface area contributed by atoms with Crippen molar-refractivity contribution in [1.82, 2.24) is 29.5 Å². The summed E-state index contributed by atoms with van der Waals surface area (Å²) in [5.41, 5.74) is 1.02. The van der Waals surface area contributed by atoms with Crippen molar-refractivity contribution in [2.24, 2.45) is 0 Å².